The van der Waals surface area contributed by atoms with Crippen LogP contribution in [0.15, 0.2) is 36.5 Å². The molecule has 152 valence electrons. The van der Waals surface area contributed by atoms with Gasteiger partial charge in [0, 0.05) is 25.4 Å². The van der Waals surface area contributed by atoms with Gasteiger partial charge in [-0.05, 0) is 36.6 Å². The van der Waals surface area contributed by atoms with Crippen molar-refractivity contribution in [3.05, 3.63) is 47.8 Å². The molecule has 1 aromatic carbocycles. The lowest BCUT2D eigenvalue weighted by atomic mass is 10.1. The van der Waals surface area contributed by atoms with Crippen LogP contribution < -0.4 is 25.3 Å². The molecule has 1 fully saturated rings. The molecule has 1 unspecified atom stereocenters. The first-order valence-corrected chi connectivity index (χ1v) is 9.42. The van der Waals surface area contributed by atoms with Crippen LogP contribution in [-0.2, 0) is 6.54 Å². The number of benzene rings is 1. The van der Waals surface area contributed by atoms with E-state index in [-0.39, 0.29) is 24.6 Å². The Morgan fingerprint density at radius 3 is 2.97 bits per heavy atom. The Morgan fingerprint density at radius 2 is 2.10 bits per heavy atom. The number of primary amides is 1. The van der Waals surface area contributed by atoms with Crippen molar-refractivity contribution in [1.29, 1.82) is 0 Å². The maximum absolute atomic E-state index is 12.6. The fourth-order valence-electron chi connectivity index (χ4n) is 3.37. The summed E-state index contributed by atoms with van der Waals surface area (Å²) in [5, 5.41) is 2.93. The van der Waals surface area contributed by atoms with Gasteiger partial charge in [-0.3, -0.25) is 9.78 Å². The Kier molecular flexibility index (Phi) is 5.37. The fourth-order valence-corrected chi connectivity index (χ4v) is 3.37. The number of nitrogens with zero attached hydrogens (tertiary/aromatic N) is 2. The SMILES string of the molecule is NC(=O)c1cc(OC2CCCN(C(=O)NCc3ccc4c(c3)OCO4)C2)ccn1. The lowest BCUT2D eigenvalue weighted by Gasteiger charge is -2.33. The van der Waals surface area contributed by atoms with E-state index < -0.39 is 5.91 Å². The number of carbonyl (C=O) groups is 2. The van der Waals surface area contributed by atoms with Crippen molar-refractivity contribution < 1.29 is 23.8 Å². The second kappa shape index (κ2) is 8.26. The summed E-state index contributed by atoms with van der Waals surface area (Å²) < 4.78 is 16.6. The van der Waals surface area contributed by atoms with E-state index >= 15 is 0 Å². The third-order valence-electron chi connectivity index (χ3n) is 4.83. The second-order valence-electron chi connectivity index (χ2n) is 6.92. The molecule has 0 bridgehead atoms. The van der Waals surface area contributed by atoms with E-state index in [1.807, 2.05) is 18.2 Å². The Bertz CT molecular complexity index is 919. The van der Waals surface area contributed by atoms with Crippen LogP contribution in [0.1, 0.15) is 28.9 Å². The van der Waals surface area contributed by atoms with E-state index in [0.29, 0.717) is 36.9 Å². The Balaban J connectivity index is 1.31. The minimum Gasteiger partial charge on any atom is -0.488 e. The van der Waals surface area contributed by atoms with Crippen molar-refractivity contribution in [3.8, 4) is 17.2 Å². The number of carbonyl (C=O) groups excluding carboxylic acids is 2. The molecule has 4 rings (SSSR count). The minimum absolute atomic E-state index is 0.150. The molecule has 9 nitrogen and oxygen atoms in total. The predicted octanol–water partition coefficient (Wildman–Crippen LogP) is 1.66. The lowest BCUT2D eigenvalue weighted by Crippen LogP contribution is -2.48. The summed E-state index contributed by atoms with van der Waals surface area (Å²) in [6.07, 6.45) is 2.97. The van der Waals surface area contributed by atoms with Crippen molar-refractivity contribution in [2.24, 2.45) is 5.73 Å². The smallest absolute Gasteiger partial charge is 0.317 e. The number of urea groups is 1. The zero-order valence-corrected chi connectivity index (χ0v) is 15.8. The maximum atomic E-state index is 12.6. The molecule has 29 heavy (non-hydrogen) atoms. The molecule has 0 spiro atoms. The molecule has 3 amide bonds. The van der Waals surface area contributed by atoms with Gasteiger partial charge in [0.1, 0.15) is 17.5 Å². The summed E-state index contributed by atoms with van der Waals surface area (Å²) in [4.78, 5) is 29.5. The quantitative estimate of drug-likeness (QED) is 0.791. The number of amides is 3. The van der Waals surface area contributed by atoms with Gasteiger partial charge in [-0.15, -0.1) is 0 Å². The molecule has 3 heterocycles. The molecule has 0 radical (unpaired) electrons. The average molecular weight is 398 g/mol. The van der Waals surface area contributed by atoms with Crippen LogP contribution in [-0.4, -0.2) is 47.8 Å². The number of hydrogen-bond acceptors (Lipinski definition) is 6. The summed E-state index contributed by atoms with van der Waals surface area (Å²) in [6, 6.07) is 8.64. The van der Waals surface area contributed by atoms with E-state index in [1.54, 1.807) is 11.0 Å². The molecule has 9 heteroatoms. The van der Waals surface area contributed by atoms with Crippen LogP contribution in [0.25, 0.3) is 0 Å². The zero-order chi connectivity index (χ0) is 20.2. The molecule has 3 N–H and O–H groups in total. The van der Waals surface area contributed by atoms with E-state index in [4.69, 9.17) is 19.9 Å². The minimum atomic E-state index is -0.608. The van der Waals surface area contributed by atoms with Crippen molar-refractivity contribution in [1.82, 2.24) is 15.2 Å². The van der Waals surface area contributed by atoms with Gasteiger partial charge in [0.2, 0.25) is 6.79 Å². The van der Waals surface area contributed by atoms with Crippen LogP contribution in [0, 0.1) is 0 Å². The molecule has 2 aliphatic rings. The third-order valence-corrected chi connectivity index (χ3v) is 4.83. The monoisotopic (exact) mass is 398 g/mol. The molecule has 1 atom stereocenters. The largest absolute Gasteiger partial charge is 0.488 e. The van der Waals surface area contributed by atoms with Gasteiger partial charge in [-0.25, -0.2) is 4.79 Å². The number of ether oxygens (including phenoxy) is 3. The standard InChI is InChI=1S/C20H22N4O5/c21-19(25)16-9-14(5-6-22-16)29-15-2-1-7-24(11-15)20(26)23-10-13-3-4-17-18(8-13)28-12-27-17/h3-6,8-9,15H,1-2,7,10-12H2,(H2,21,25)(H,23,26). The molecule has 2 aliphatic heterocycles. The normalized spacial score (nSPS) is 17.7. The number of rotatable bonds is 5. The molecule has 1 saturated heterocycles. The molecule has 1 aromatic heterocycles. The first-order chi connectivity index (χ1) is 14.1. The number of nitrogens with one attached hydrogen (secondary N) is 1. The number of likely N-dealkylation sites (tertiary alicyclic amines) is 1. The highest BCUT2D eigenvalue weighted by atomic mass is 16.7. The Morgan fingerprint density at radius 1 is 1.24 bits per heavy atom. The lowest BCUT2D eigenvalue weighted by molar-refractivity contribution is 0.0981. The van der Waals surface area contributed by atoms with Crippen molar-refractivity contribution >= 4 is 11.9 Å². The number of fused-ring (bicyclic) bond motifs is 1. The first kappa shape index (κ1) is 18.9. The van der Waals surface area contributed by atoms with Crippen LogP contribution >= 0.6 is 0 Å². The third kappa shape index (κ3) is 4.50. The summed E-state index contributed by atoms with van der Waals surface area (Å²) >= 11 is 0. The highest BCUT2D eigenvalue weighted by Gasteiger charge is 2.25. The predicted molar refractivity (Wildman–Crippen MR) is 103 cm³/mol. The van der Waals surface area contributed by atoms with Crippen LogP contribution in [0.2, 0.25) is 0 Å². The highest BCUT2D eigenvalue weighted by Crippen LogP contribution is 2.32. The molecule has 0 aliphatic carbocycles. The van der Waals surface area contributed by atoms with Gasteiger partial charge in [-0.2, -0.15) is 0 Å². The maximum Gasteiger partial charge on any atom is 0.317 e. The van der Waals surface area contributed by atoms with E-state index in [1.165, 1.54) is 12.3 Å². The van der Waals surface area contributed by atoms with Gasteiger partial charge < -0.3 is 30.2 Å². The number of hydrogen-bond donors (Lipinski definition) is 2. The van der Waals surface area contributed by atoms with Crippen LogP contribution in [0.4, 0.5) is 4.79 Å². The van der Waals surface area contributed by atoms with Crippen LogP contribution in [0.3, 0.4) is 0 Å². The summed E-state index contributed by atoms with van der Waals surface area (Å²) in [5.74, 6) is 1.31. The number of aromatic nitrogens is 1. The average Bonchev–Trinajstić information content (AvgIpc) is 3.20. The van der Waals surface area contributed by atoms with E-state index in [2.05, 4.69) is 10.3 Å². The van der Waals surface area contributed by atoms with E-state index in [0.717, 1.165) is 18.4 Å². The van der Waals surface area contributed by atoms with Gasteiger partial charge in [0.15, 0.2) is 11.5 Å². The molecule has 0 saturated carbocycles. The Hall–Kier alpha value is -3.49. The molecular weight excluding hydrogens is 376 g/mol. The molecular formula is C20H22N4O5. The first-order valence-electron chi connectivity index (χ1n) is 9.42. The molecule has 2 aromatic rings. The summed E-state index contributed by atoms with van der Waals surface area (Å²) in [5.41, 5.74) is 6.34. The van der Waals surface area contributed by atoms with Gasteiger partial charge in [-0.1, -0.05) is 6.07 Å². The van der Waals surface area contributed by atoms with Gasteiger partial charge in [0.25, 0.3) is 5.91 Å². The summed E-state index contributed by atoms with van der Waals surface area (Å²) in [7, 11) is 0. The van der Waals surface area contributed by atoms with Crippen LogP contribution in [0.5, 0.6) is 17.2 Å². The topological polar surface area (TPSA) is 116 Å². The number of piperidine rings is 1. The van der Waals surface area contributed by atoms with Crippen molar-refractivity contribution in [2.75, 3.05) is 19.9 Å². The zero-order valence-electron chi connectivity index (χ0n) is 15.8. The Labute approximate surface area is 167 Å². The van der Waals surface area contributed by atoms with Crippen molar-refractivity contribution in [3.63, 3.8) is 0 Å². The second-order valence-corrected chi connectivity index (χ2v) is 6.92. The highest BCUT2D eigenvalue weighted by molar-refractivity contribution is 5.91. The fraction of sp³-hybridized carbons (Fsp3) is 0.350. The number of pyridine rings is 1. The van der Waals surface area contributed by atoms with Crippen molar-refractivity contribution in [2.45, 2.75) is 25.5 Å². The number of nitrogens with two attached hydrogens (primary N) is 1. The van der Waals surface area contributed by atoms with E-state index in [9.17, 15) is 9.59 Å². The summed E-state index contributed by atoms with van der Waals surface area (Å²) in [6.45, 7) is 1.74. The van der Waals surface area contributed by atoms with Gasteiger partial charge >= 0.3 is 6.03 Å². The van der Waals surface area contributed by atoms with Gasteiger partial charge in [0.05, 0.1) is 6.54 Å².